The highest BCUT2D eigenvalue weighted by Crippen LogP contribution is 1.99. The van der Waals surface area contributed by atoms with E-state index in [0.717, 1.165) is 0 Å². The molecule has 0 aliphatic carbocycles. The minimum atomic E-state index is -0.867. The van der Waals surface area contributed by atoms with Gasteiger partial charge in [-0.2, -0.15) is 0 Å². The van der Waals surface area contributed by atoms with E-state index in [-0.39, 0.29) is 12.4 Å². The lowest BCUT2D eigenvalue weighted by Gasteiger charge is -2.08. The second-order valence-electron chi connectivity index (χ2n) is 3.66. The van der Waals surface area contributed by atoms with Gasteiger partial charge in [-0.25, -0.2) is 19.4 Å². The van der Waals surface area contributed by atoms with Crippen molar-refractivity contribution in [2.24, 2.45) is 22.2 Å². The Balaban J connectivity index is 3.76. The van der Waals surface area contributed by atoms with Gasteiger partial charge >= 0.3 is 11.9 Å². The first-order chi connectivity index (χ1) is 8.47. The normalized spacial score (nSPS) is 11.4. The smallest absolute Gasteiger partial charge is 0.370 e. The minimum Gasteiger partial charge on any atom is -0.370 e. The molecular weight excluding hydrogens is 240 g/mol. The molecule has 0 amide bonds. The molecule has 0 bridgehead atoms. The van der Waals surface area contributed by atoms with E-state index in [0.29, 0.717) is 25.8 Å². The summed E-state index contributed by atoms with van der Waals surface area (Å²) in [4.78, 5) is 34.5. The zero-order valence-electron chi connectivity index (χ0n) is 10.4. The van der Waals surface area contributed by atoms with Crippen molar-refractivity contribution in [3.8, 4) is 0 Å². The number of rotatable bonds is 7. The van der Waals surface area contributed by atoms with Crippen molar-refractivity contribution in [3.63, 3.8) is 0 Å². The average molecular weight is 260 g/mol. The first kappa shape index (κ1) is 16.2. The van der Waals surface area contributed by atoms with Gasteiger partial charge in [-0.3, -0.25) is 4.99 Å². The third-order valence-electron chi connectivity index (χ3n) is 1.94. The van der Waals surface area contributed by atoms with Crippen molar-refractivity contribution in [1.29, 1.82) is 0 Å². The lowest BCUT2D eigenvalue weighted by molar-refractivity contribution is -0.260. The van der Waals surface area contributed by atoms with Crippen LogP contribution in [0.5, 0.6) is 0 Å². The number of carbonyl (C=O) groups excluding carboxylic acids is 2. The Kier molecular flexibility index (Phi) is 8.29. The summed E-state index contributed by atoms with van der Waals surface area (Å²) in [7, 11) is 0. The molecule has 8 nitrogen and oxygen atoms in total. The maximum Gasteiger partial charge on any atom is 0.372 e. The standard InChI is InChI=1S/C10H20N4O4/c1-2-4-8(15)17-18-9(16)7(11)5-3-6-14-10(12)13/h7H,2-6,11H2,1H3,(H4,12,13,14). The third kappa shape index (κ3) is 8.34. The number of hydrogen-bond donors (Lipinski definition) is 3. The fourth-order valence-corrected chi connectivity index (χ4v) is 1.03. The molecule has 0 saturated carbocycles. The summed E-state index contributed by atoms with van der Waals surface area (Å²) in [5, 5.41) is 0. The Morgan fingerprint density at radius 3 is 2.50 bits per heavy atom. The van der Waals surface area contributed by atoms with Crippen LogP contribution in [0.1, 0.15) is 32.6 Å². The van der Waals surface area contributed by atoms with E-state index in [2.05, 4.69) is 14.8 Å². The molecule has 0 aromatic heterocycles. The number of hydrogen-bond acceptors (Lipinski definition) is 6. The highest BCUT2D eigenvalue weighted by Gasteiger charge is 2.17. The van der Waals surface area contributed by atoms with Crippen LogP contribution in [-0.4, -0.2) is 30.5 Å². The van der Waals surface area contributed by atoms with Crippen LogP contribution < -0.4 is 17.2 Å². The number of nitrogens with zero attached hydrogens (tertiary/aromatic N) is 1. The Labute approximate surface area is 105 Å². The summed E-state index contributed by atoms with van der Waals surface area (Å²) in [6.45, 7) is 2.18. The van der Waals surface area contributed by atoms with E-state index in [1.165, 1.54) is 0 Å². The second-order valence-corrected chi connectivity index (χ2v) is 3.66. The maximum atomic E-state index is 11.3. The molecular formula is C10H20N4O4. The topological polar surface area (TPSA) is 143 Å². The third-order valence-corrected chi connectivity index (χ3v) is 1.94. The monoisotopic (exact) mass is 260 g/mol. The summed E-state index contributed by atoms with van der Waals surface area (Å²) in [6.07, 6.45) is 1.66. The molecule has 0 saturated heterocycles. The van der Waals surface area contributed by atoms with Crippen LogP contribution in [0.4, 0.5) is 0 Å². The van der Waals surface area contributed by atoms with E-state index in [1.54, 1.807) is 6.92 Å². The lowest BCUT2D eigenvalue weighted by atomic mass is 10.2. The molecule has 8 heteroatoms. The van der Waals surface area contributed by atoms with Crippen LogP contribution in [-0.2, 0) is 19.4 Å². The van der Waals surface area contributed by atoms with Crippen molar-refractivity contribution in [3.05, 3.63) is 0 Å². The molecule has 0 spiro atoms. The van der Waals surface area contributed by atoms with Crippen molar-refractivity contribution in [1.82, 2.24) is 0 Å². The number of carbonyl (C=O) groups is 2. The summed E-state index contributed by atoms with van der Waals surface area (Å²) in [5.74, 6) is -1.40. The molecule has 1 unspecified atom stereocenters. The van der Waals surface area contributed by atoms with Crippen LogP contribution in [0.2, 0.25) is 0 Å². The van der Waals surface area contributed by atoms with Gasteiger partial charge in [0.25, 0.3) is 0 Å². The van der Waals surface area contributed by atoms with Gasteiger partial charge in [-0.1, -0.05) is 6.92 Å². The molecule has 6 N–H and O–H groups in total. The number of aliphatic imine (C=N–C) groups is 1. The summed E-state index contributed by atoms with van der Waals surface area (Å²) >= 11 is 0. The zero-order chi connectivity index (χ0) is 14.0. The van der Waals surface area contributed by atoms with E-state index < -0.39 is 18.0 Å². The van der Waals surface area contributed by atoms with E-state index >= 15 is 0 Å². The highest BCUT2D eigenvalue weighted by atomic mass is 17.2. The van der Waals surface area contributed by atoms with Crippen molar-refractivity contribution < 1.29 is 19.4 Å². The first-order valence-corrected chi connectivity index (χ1v) is 5.69. The fourth-order valence-electron chi connectivity index (χ4n) is 1.03. The minimum absolute atomic E-state index is 0.0142. The molecule has 0 aromatic carbocycles. The summed E-state index contributed by atoms with van der Waals surface area (Å²) in [5.41, 5.74) is 15.8. The van der Waals surface area contributed by atoms with Crippen LogP contribution >= 0.6 is 0 Å². The number of guanidine groups is 1. The van der Waals surface area contributed by atoms with Gasteiger partial charge in [0.15, 0.2) is 5.96 Å². The second kappa shape index (κ2) is 9.23. The van der Waals surface area contributed by atoms with Crippen LogP contribution in [0.15, 0.2) is 4.99 Å². The van der Waals surface area contributed by atoms with Crippen LogP contribution in [0, 0.1) is 0 Å². The molecule has 0 aromatic rings. The van der Waals surface area contributed by atoms with Gasteiger partial charge in [0.1, 0.15) is 6.04 Å². The average Bonchev–Trinajstić information content (AvgIpc) is 2.31. The quantitative estimate of drug-likeness (QED) is 0.178. The highest BCUT2D eigenvalue weighted by molar-refractivity contribution is 5.77. The lowest BCUT2D eigenvalue weighted by Crippen LogP contribution is -2.33. The van der Waals surface area contributed by atoms with Gasteiger partial charge < -0.3 is 17.2 Å². The molecule has 0 radical (unpaired) electrons. The molecule has 0 fully saturated rings. The molecule has 1 atom stereocenters. The van der Waals surface area contributed by atoms with Crippen molar-refractivity contribution >= 4 is 17.9 Å². The Morgan fingerprint density at radius 2 is 1.94 bits per heavy atom. The molecule has 18 heavy (non-hydrogen) atoms. The van der Waals surface area contributed by atoms with Gasteiger partial charge in [0.2, 0.25) is 0 Å². The van der Waals surface area contributed by atoms with Crippen molar-refractivity contribution in [2.45, 2.75) is 38.6 Å². The summed E-state index contributed by atoms with van der Waals surface area (Å²) < 4.78 is 0. The Hall–Kier alpha value is -1.83. The van der Waals surface area contributed by atoms with Crippen molar-refractivity contribution in [2.75, 3.05) is 6.54 Å². The summed E-state index contributed by atoms with van der Waals surface area (Å²) in [6, 6.07) is -0.867. The van der Waals surface area contributed by atoms with Crippen LogP contribution in [0.25, 0.3) is 0 Å². The van der Waals surface area contributed by atoms with Gasteiger partial charge in [0, 0.05) is 13.0 Å². The molecule has 0 rings (SSSR count). The number of nitrogens with two attached hydrogens (primary N) is 3. The fraction of sp³-hybridized carbons (Fsp3) is 0.700. The zero-order valence-corrected chi connectivity index (χ0v) is 10.4. The van der Waals surface area contributed by atoms with E-state index in [9.17, 15) is 9.59 Å². The predicted octanol–water partition coefficient (Wildman–Crippen LogP) is -0.831. The molecule has 0 aliphatic heterocycles. The SMILES string of the molecule is CCCC(=O)OOC(=O)C(N)CCCN=C(N)N. The first-order valence-electron chi connectivity index (χ1n) is 5.69. The Morgan fingerprint density at radius 1 is 1.28 bits per heavy atom. The Bertz CT molecular complexity index is 302. The van der Waals surface area contributed by atoms with Crippen LogP contribution in [0.3, 0.4) is 0 Å². The molecule has 0 aliphatic rings. The predicted molar refractivity (Wildman–Crippen MR) is 65.0 cm³/mol. The van der Waals surface area contributed by atoms with E-state index in [1.807, 2.05) is 0 Å². The van der Waals surface area contributed by atoms with Gasteiger partial charge in [-0.05, 0) is 19.3 Å². The molecule has 104 valence electrons. The molecule has 0 heterocycles. The van der Waals surface area contributed by atoms with E-state index in [4.69, 9.17) is 17.2 Å². The maximum absolute atomic E-state index is 11.3. The largest absolute Gasteiger partial charge is 0.372 e. The van der Waals surface area contributed by atoms with Gasteiger partial charge in [0.05, 0.1) is 0 Å². The van der Waals surface area contributed by atoms with Gasteiger partial charge in [-0.15, -0.1) is 0 Å².